The van der Waals surface area contributed by atoms with Crippen LogP contribution in [0.2, 0.25) is 5.02 Å². The summed E-state index contributed by atoms with van der Waals surface area (Å²) in [5.74, 6) is 1.25. The van der Waals surface area contributed by atoms with Gasteiger partial charge in [0.15, 0.2) is 6.10 Å². The van der Waals surface area contributed by atoms with Gasteiger partial charge >= 0.3 is 0 Å². The van der Waals surface area contributed by atoms with Crippen LogP contribution in [-0.4, -0.2) is 25.2 Å². The van der Waals surface area contributed by atoms with Crippen LogP contribution in [0.25, 0.3) is 0 Å². The standard InChI is InChI=1S/C20H24ClNO3/c1-13-9-14(2)11-18(10-13)24-8-7-22-20(23)16(4)25-17-5-6-19(21)15(3)12-17/h5-6,9-12,16H,7-8H2,1-4H3,(H,22,23). The van der Waals surface area contributed by atoms with Gasteiger partial charge in [-0.05, 0) is 74.7 Å². The highest BCUT2D eigenvalue weighted by Gasteiger charge is 2.14. The van der Waals surface area contributed by atoms with E-state index in [0.717, 1.165) is 22.4 Å². The summed E-state index contributed by atoms with van der Waals surface area (Å²) in [6.07, 6.45) is -0.596. The Balaban J connectivity index is 1.76. The zero-order valence-electron chi connectivity index (χ0n) is 15.1. The molecule has 0 aliphatic carbocycles. The molecule has 0 spiro atoms. The molecule has 1 N–H and O–H groups in total. The normalized spacial score (nSPS) is 11.7. The lowest BCUT2D eigenvalue weighted by atomic mass is 10.1. The lowest BCUT2D eigenvalue weighted by Crippen LogP contribution is -2.38. The van der Waals surface area contributed by atoms with Gasteiger partial charge in [-0.3, -0.25) is 4.79 Å². The number of carbonyl (C=O) groups excluding carboxylic acids is 1. The fourth-order valence-electron chi connectivity index (χ4n) is 2.45. The Bertz CT molecular complexity index is 725. The van der Waals surface area contributed by atoms with Crippen LogP contribution < -0.4 is 14.8 Å². The van der Waals surface area contributed by atoms with Crippen molar-refractivity contribution in [2.75, 3.05) is 13.2 Å². The molecule has 1 amide bonds. The lowest BCUT2D eigenvalue weighted by Gasteiger charge is -2.15. The van der Waals surface area contributed by atoms with E-state index in [-0.39, 0.29) is 5.91 Å². The number of nitrogens with one attached hydrogen (secondary N) is 1. The van der Waals surface area contributed by atoms with Crippen molar-refractivity contribution < 1.29 is 14.3 Å². The van der Waals surface area contributed by atoms with Crippen molar-refractivity contribution in [3.63, 3.8) is 0 Å². The third kappa shape index (κ3) is 5.98. The van der Waals surface area contributed by atoms with Crippen molar-refractivity contribution in [1.82, 2.24) is 5.32 Å². The Morgan fingerprint density at radius 2 is 1.76 bits per heavy atom. The molecular weight excluding hydrogens is 338 g/mol. The summed E-state index contributed by atoms with van der Waals surface area (Å²) in [6, 6.07) is 11.4. The zero-order chi connectivity index (χ0) is 18.4. The molecule has 1 unspecified atom stereocenters. The maximum Gasteiger partial charge on any atom is 0.260 e. The van der Waals surface area contributed by atoms with Crippen molar-refractivity contribution in [3.05, 3.63) is 58.1 Å². The second kappa shape index (κ2) is 8.77. The summed E-state index contributed by atoms with van der Waals surface area (Å²) in [5, 5.41) is 3.49. The second-order valence-corrected chi connectivity index (χ2v) is 6.54. The maximum atomic E-state index is 12.1. The van der Waals surface area contributed by atoms with Gasteiger partial charge in [0.05, 0.1) is 6.54 Å². The molecule has 5 heteroatoms. The van der Waals surface area contributed by atoms with E-state index in [1.807, 2.05) is 39.0 Å². The van der Waals surface area contributed by atoms with Crippen LogP contribution in [0.15, 0.2) is 36.4 Å². The molecule has 0 radical (unpaired) electrons. The third-order valence-corrected chi connectivity index (χ3v) is 4.10. The monoisotopic (exact) mass is 361 g/mol. The minimum atomic E-state index is -0.596. The van der Waals surface area contributed by atoms with Crippen LogP contribution in [0.4, 0.5) is 0 Å². The van der Waals surface area contributed by atoms with Crippen LogP contribution in [0.3, 0.4) is 0 Å². The van der Waals surface area contributed by atoms with Crippen molar-refractivity contribution in [2.24, 2.45) is 0 Å². The highest BCUT2D eigenvalue weighted by molar-refractivity contribution is 6.31. The Morgan fingerprint density at radius 1 is 1.08 bits per heavy atom. The summed E-state index contributed by atoms with van der Waals surface area (Å²) < 4.78 is 11.3. The van der Waals surface area contributed by atoms with Gasteiger partial charge in [-0.1, -0.05) is 17.7 Å². The van der Waals surface area contributed by atoms with Gasteiger partial charge in [-0.15, -0.1) is 0 Å². The molecule has 0 aromatic heterocycles. The molecule has 0 fully saturated rings. The molecule has 0 heterocycles. The van der Waals surface area contributed by atoms with Gasteiger partial charge in [-0.2, -0.15) is 0 Å². The molecule has 2 aromatic rings. The summed E-state index contributed by atoms with van der Waals surface area (Å²) >= 11 is 5.99. The van der Waals surface area contributed by atoms with Gasteiger partial charge in [-0.25, -0.2) is 0 Å². The summed E-state index contributed by atoms with van der Waals surface area (Å²) in [4.78, 5) is 12.1. The average Bonchev–Trinajstić information content (AvgIpc) is 2.54. The molecule has 2 rings (SSSR count). The lowest BCUT2D eigenvalue weighted by molar-refractivity contribution is -0.127. The number of hydrogen-bond acceptors (Lipinski definition) is 3. The van der Waals surface area contributed by atoms with E-state index in [1.165, 1.54) is 0 Å². The Kier molecular flexibility index (Phi) is 6.71. The number of rotatable bonds is 7. The molecule has 4 nitrogen and oxygen atoms in total. The summed E-state index contributed by atoms with van der Waals surface area (Å²) in [6.45, 7) is 8.48. The molecule has 0 saturated heterocycles. The van der Waals surface area contributed by atoms with Crippen LogP contribution >= 0.6 is 11.6 Å². The molecule has 0 saturated carbocycles. The molecule has 0 aliphatic heterocycles. The SMILES string of the molecule is Cc1cc(C)cc(OCCNC(=O)C(C)Oc2ccc(Cl)c(C)c2)c1. The second-order valence-electron chi connectivity index (χ2n) is 6.13. The average molecular weight is 362 g/mol. The molecule has 2 aromatic carbocycles. The predicted octanol–water partition coefficient (Wildman–Crippen LogP) is 4.23. The minimum absolute atomic E-state index is 0.184. The topological polar surface area (TPSA) is 47.6 Å². The van der Waals surface area contributed by atoms with E-state index >= 15 is 0 Å². The first kappa shape index (κ1) is 19.1. The Labute approximate surface area is 154 Å². The molecule has 134 valence electrons. The predicted molar refractivity (Wildman–Crippen MR) is 101 cm³/mol. The van der Waals surface area contributed by atoms with Crippen molar-refractivity contribution in [2.45, 2.75) is 33.8 Å². The first-order valence-corrected chi connectivity index (χ1v) is 8.64. The van der Waals surface area contributed by atoms with Gasteiger partial charge in [0.1, 0.15) is 18.1 Å². The quantitative estimate of drug-likeness (QED) is 0.751. The number of aryl methyl sites for hydroxylation is 3. The van der Waals surface area contributed by atoms with E-state index in [0.29, 0.717) is 23.9 Å². The molecule has 0 aliphatic rings. The van der Waals surface area contributed by atoms with E-state index in [9.17, 15) is 4.79 Å². The van der Waals surface area contributed by atoms with E-state index in [1.54, 1.807) is 19.1 Å². The molecule has 0 bridgehead atoms. The zero-order valence-corrected chi connectivity index (χ0v) is 15.8. The van der Waals surface area contributed by atoms with Crippen LogP contribution in [-0.2, 0) is 4.79 Å². The Hall–Kier alpha value is -2.20. The number of hydrogen-bond donors (Lipinski definition) is 1. The number of amides is 1. The van der Waals surface area contributed by atoms with Crippen LogP contribution in [0.5, 0.6) is 11.5 Å². The highest BCUT2D eigenvalue weighted by Crippen LogP contribution is 2.22. The van der Waals surface area contributed by atoms with Gasteiger partial charge in [0.2, 0.25) is 0 Å². The fraction of sp³-hybridized carbons (Fsp3) is 0.350. The Morgan fingerprint density at radius 3 is 2.40 bits per heavy atom. The minimum Gasteiger partial charge on any atom is -0.492 e. The summed E-state index contributed by atoms with van der Waals surface area (Å²) in [5.41, 5.74) is 3.22. The number of carbonyl (C=O) groups is 1. The van der Waals surface area contributed by atoms with Crippen molar-refractivity contribution in [3.8, 4) is 11.5 Å². The van der Waals surface area contributed by atoms with Crippen LogP contribution in [0.1, 0.15) is 23.6 Å². The van der Waals surface area contributed by atoms with Gasteiger partial charge in [0.25, 0.3) is 5.91 Å². The maximum absolute atomic E-state index is 12.1. The number of halogens is 1. The molecular formula is C20H24ClNO3. The smallest absolute Gasteiger partial charge is 0.260 e. The number of ether oxygens (including phenoxy) is 2. The summed E-state index contributed by atoms with van der Waals surface area (Å²) in [7, 11) is 0. The van der Waals surface area contributed by atoms with Gasteiger partial charge in [0, 0.05) is 5.02 Å². The molecule has 25 heavy (non-hydrogen) atoms. The van der Waals surface area contributed by atoms with E-state index < -0.39 is 6.10 Å². The van der Waals surface area contributed by atoms with E-state index in [4.69, 9.17) is 21.1 Å². The van der Waals surface area contributed by atoms with E-state index in [2.05, 4.69) is 11.4 Å². The largest absolute Gasteiger partial charge is 0.492 e. The first-order chi connectivity index (χ1) is 11.8. The number of benzene rings is 2. The van der Waals surface area contributed by atoms with Gasteiger partial charge < -0.3 is 14.8 Å². The van der Waals surface area contributed by atoms with Crippen LogP contribution in [0, 0.1) is 20.8 Å². The third-order valence-electron chi connectivity index (χ3n) is 3.68. The first-order valence-electron chi connectivity index (χ1n) is 8.27. The fourth-order valence-corrected chi connectivity index (χ4v) is 2.57. The van der Waals surface area contributed by atoms with Crippen molar-refractivity contribution >= 4 is 17.5 Å². The molecule has 1 atom stereocenters. The highest BCUT2D eigenvalue weighted by atomic mass is 35.5. The van der Waals surface area contributed by atoms with Crippen molar-refractivity contribution in [1.29, 1.82) is 0 Å².